The minimum Gasteiger partial charge on any atom is -0.421 e. The van der Waals surface area contributed by atoms with Crippen LogP contribution in [-0.2, 0) is 6.42 Å². The molecule has 0 saturated carbocycles. The molecule has 0 radical (unpaired) electrons. The van der Waals surface area contributed by atoms with Crippen LogP contribution in [0.15, 0.2) is 21.2 Å². The van der Waals surface area contributed by atoms with E-state index in [0.29, 0.717) is 11.8 Å². The Morgan fingerprint density at radius 3 is 3.00 bits per heavy atom. The lowest BCUT2D eigenvalue weighted by Gasteiger charge is -1.84. The summed E-state index contributed by atoms with van der Waals surface area (Å²) < 4.78 is 5.36. The molecular formula is C8H8N2OS. The van der Waals surface area contributed by atoms with Crippen molar-refractivity contribution in [3.8, 4) is 11.5 Å². The molecule has 0 atom stereocenters. The standard InChI is InChI=1S/C8H8N2OS/c1-2-7-9-10-8(11-7)6-3-4-12-5-6/h3-5H,2H2,1H3. The third-order valence-corrected chi connectivity index (χ3v) is 2.22. The van der Waals surface area contributed by atoms with Crippen molar-refractivity contribution in [2.75, 3.05) is 0 Å². The van der Waals surface area contributed by atoms with Crippen LogP contribution in [0.5, 0.6) is 0 Å². The number of rotatable bonds is 2. The lowest BCUT2D eigenvalue weighted by Crippen LogP contribution is -1.76. The second-order valence-electron chi connectivity index (χ2n) is 2.37. The number of aryl methyl sites for hydroxylation is 1. The van der Waals surface area contributed by atoms with E-state index in [4.69, 9.17) is 4.42 Å². The third-order valence-electron chi connectivity index (χ3n) is 1.54. The van der Waals surface area contributed by atoms with Gasteiger partial charge in [-0.25, -0.2) is 0 Å². The Bertz CT molecular complexity index is 353. The van der Waals surface area contributed by atoms with Crippen LogP contribution in [0.3, 0.4) is 0 Å². The molecule has 62 valence electrons. The second kappa shape index (κ2) is 3.06. The molecule has 3 nitrogen and oxygen atoms in total. The molecule has 0 amide bonds. The van der Waals surface area contributed by atoms with Gasteiger partial charge in [-0.1, -0.05) is 6.92 Å². The first-order valence-corrected chi connectivity index (χ1v) is 4.69. The summed E-state index contributed by atoms with van der Waals surface area (Å²) in [5.41, 5.74) is 1.01. The molecule has 0 aliphatic heterocycles. The van der Waals surface area contributed by atoms with Crippen molar-refractivity contribution < 1.29 is 4.42 Å². The monoisotopic (exact) mass is 180 g/mol. The SMILES string of the molecule is CCc1nnc(-c2ccsc2)o1. The quantitative estimate of drug-likeness (QED) is 0.712. The molecular weight excluding hydrogens is 172 g/mol. The molecule has 0 bridgehead atoms. The van der Waals surface area contributed by atoms with Crippen molar-refractivity contribution in [3.05, 3.63) is 22.7 Å². The molecule has 0 fully saturated rings. The highest BCUT2D eigenvalue weighted by Gasteiger charge is 2.06. The molecule has 0 aromatic carbocycles. The molecule has 0 unspecified atom stereocenters. The summed E-state index contributed by atoms with van der Waals surface area (Å²) in [6, 6.07) is 1.97. The van der Waals surface area contributed by atoms with Gasteiger partial charge in [0.25, 0.3) is 0 Å². The van der Waals surface area contributed by atoms with Crippen molar-refractivity contribution in [3.63, 3.8) is 0 Å². The normalized spacial score (nSPS) is 10.4. The minimum atomic E-state index is 0.619. The lowest BCUT2D eigenvalue weighted by molar-refractivity contribution is 0.513. The van der Waals surface area contributed by atoms with Crippen LogP contribution < -0.4 is 0 Å². The zero-order valence-corrected chi connectivity index (χ0v) is 7.47. The zero-order chi connectivity index (χ0) is 8.39. The van der Waals surface area contributed by atoms with E-state index in [9.17, 15) is 0 Å². The first-order chi connectivity index (χ1) is 5.90. The van der Waals surface area contributed by atoms with E-state index in [0.717, 1.165) is 12.0 Å². The Hall–Kier alpha value is -1.16. The van der Waals surface area contributed by atoms with Crippen molar-refractivity contribution in [1.82, 2.24) is 10.2 Å². The topological polar surface area (TPSA) is 38.9 Å². The van der Waals surface area contributed by atoms with Gasteiger partial charge in [0.05, 0.1) is 0 Å². The molecule has 2 aromatic rings. The van der Waals surface area contributed by atoms with E-state index < -0.39 is 0 Å². The van der Waals surface area contributed by atoms with Crippen LogP contribution in [0.25, 0.3) is 11.5 Å². The summed E-state index contributed by atoms with van der Waals surface area (Å²) in [5.74, 6) is 1.31. The van der Waals surface area contributed by atoms with Crippen molar-refractivity contribution >= 4 is 11.3 Å². The van der Waals surface area contributed by atoms with Gasteiger partial charge < -0.3 is 4.42 Å². The van der Waals surface area contributed by atoms with Crippen molar-refractivity contribution in [1.29, 1.82) is 0 Å². The van der Waals surface area contributed by atoms with Crippen LogP contribution in [0.1, 0.15) is 12.8 Å². The highest BCUT2D eigenvalue weighted by molar-refractivity contribution is 7.08. The van der Waals surface area contributed by atoms with Gasteiger partial charge >= 0.3 is 0 Å². The van der Waals surface area contributed by atoms with E-state index in [1.807, 2.05) is 23.8 Å². The van der Waals surface area contributed by atoms with Crippen LogP contribution in [0.4, 0.5) is 0 Å². The Kier molecular flexibility index (Phi) is 1.91. The maximum Gasteiger partial charge on any atom is 0.248 e. The van der Waals surface area contributed by atoms with E-state index in [1.54, 1.807) is 11.3 Å². The number of nitrogens with zero attached hydrogens (tertiary/aromatic N) is 2. The highest BCUT2D eigenvalue weighted by atomic mass is 32.1. The van der Waals surface area contributed by atoms with Crippen LogP contribution >= 0.6 is 11.3 Å². The fourth-order valence-corrected chi connectivity index (χ4v) is 1.53. The number of aromatic nitrogens is 2. The van der Waals surface area contributed by atoms with Gasteiger partial charge in [-0.15, -0.1) is 10.2 Å². The summed E-state index contributed by atoms with van der Waals surface area (Å²) in [7, 11) is 0. The lowest BCUT2D eigenvalue weighted by atomic mass is 10.3. The third kappa shape index (κ3) is 1.25. The van der Waals surface area contributed by atoms with Gasteiger partial charge in [0, 0.05) is 17.4 Å². The molecule has 0 saturated heterocycles. The second-order valence-corrected chi connectivity index (χ2v) is 3.15. The summed E-state index contributed by atoms with van der Waals surface area (Å²) in [6.45, 7) is 1.99. The molecule has 0 aliphatic rings. The first kappa shape index (κ1) is 7.49. The number of hydrogen-bond acceptors (Lipinski definition) is 4. The van der Waals surface area contributed by atoms with Gasteiger partial charge in [0.2, 0.25) is 11.8 Å². The molecule has 12 heavy (non-hydrogen) atoms. The smallest absolute Gasteiger partial charge is 0.248 e. The molecule has 0 aliphatic carbocycles. The van der Waals surface area contributed by atoms with E-state index in [2.05, 4.69) is 10.2 Å². The Balaban J connectivity index is 2.35. The number of thiophene rings is 1. The van der Waals surface area contributed by atoms with Crippen molar-refractivity contribution in [2.45, 2.75) is 13.3 Å². The molecule has 2 aromatic heterocycles. The Morgan fingerprint density at radius 1 is 1.50 bits per heavy atom. The van der Waals surface area contributed by atoms with Gasteiger partial charge in [-0.05, 0) is 11.4 Å². The summed E-state index contributed by atoms with van der Waals surface area (Å²) >= 11 is 1.62. The Labute approximate surface area is 74.1 Å². The highest BCUT2D eigenvalue weighted by Crippen LogP contribution is 2.20. The first-order valence-electron chi connectivity index (χ1n) is 3.75. The average Bonchev–Trinajstić information content (AvgIpc) is 2.75. The van der Waals surface area contributed by atoms with E-state index in [-0.39, 0.29) is 0 Å². The van der Waals surface area contributed by atoms with Gasteiger partial charge in [-0.3, -0.25) is 0 Å². The van der Waals surface area contributed by atoms with Crippen LogP contribution in [-0.4, -0.2) is 10.2 Å². The largest absolute Gasteiger partial charge is 0.421 e. The average molecular weight is 180 g/mol. The molecule has 0 N–H and O–H groups in total. The summed E-state index contributed by atoms with van der Waals surface area (Å²) in [5, 5.41) is 11.8. The fourth-order valence-electron chi connectivity index (χ4n) is 0.899. The van der Waals surface area contributed by atoms with Gasteiger partial charge in [0.15, 0.2) is 0 Å². The van der Waals surface area contributed by atoms with Crippen LogP contribution in [0.2, 0.25) is 0 Å². The predicted molar refractivity (Wildman–Crippen MR) is 47.0 cm³/mol. The minimum absolute atomic E-state index is 0.619. The fraction of sp³-hybridized carbons (Fsp3) is 0.250. The van der Waals surface area contributed by atoms with E-state index >= 15 is 0 Å². The summed E-state index contributed by atoms with van der Waals surface area (Å²) in [4.78, 5) is 0. The summed E-state index contributed by atoms with van der Waals surface area (Å²) in [6.07, 6.45) is 0.789. The maximum atomic E-state index is 5.36. The molecule has 2 rings (SSSR count). The maximum absolute atomic E-state index is 5.36. The van der Waals surface area contributed by atoms with Crippen molar-refractivity contribution in [2.24, 2.45) is 0 Å². The Morgan fingerprint density at radius 2 is 2.42 bits per heavy atom. The molecule has 2 heterocycles. The molecule has 4 heteroatoms. The van der Waals surface area contributed by atoms with Gasteiger partial charge in [-0.2, -0.15) is 11.3 Å². The molecule has 0 spiro atoms. The van der Waals surface area contributed by atoms with Crippen LogP contribution in [0, 0.1) is 0 Å². The van der Waals surface area contributed by atoms with Gasteiger partial charge in [0.1, 0.15) is 0 Å². The predicted octanol–water partition coefficient (Wildman–Crippen LogP) is 2.36. The number of hydrogen-bond donors (Lipinski definition) is 0. The zero-order valence-electron chi connectivity index (χ0n) is 6.65. The van der Waals surface area contributed by atoms with E-state index in [1.165, 1.54) is 0 Å².